The van der Waals surface area contributed by atoms with Crippen molar-refractivity contribution in [3.8, 4) is 0 Å². The van der Waals surface area contributed by atoms with Gasteiger partial charge in [-0.1, -0.05) is 12.1 Å². The lowest BCUT2D eigenvalue weighted by Crippen LogP contribution is -1.96. The average molecular weight is 206 g/mol. The molecule has 0 unspecified atom stereocenters. The smallest absolute Gasteiger partial charge is 0.312 e. The number of nitro groups is 1. The standard InChI is InChI=1S/C10H10N2O3/c1-6-8(5-11)7-3-2-4-9(12(13)14)10(7)15-6/h2-4H,5,11H2,1H3. The van der Waals surface area contributed by atoms with Crippen LogP contribution >= 0.6 is 0 Å². The molecule has 1 aromatic carbocycles. The number of nitrogens with two attached hydrogens (primary N) is 1. The van der Waals surface area contributed by atoms with Crippen molar-refractivity contribution >= 4 is 16.7 Å². The SMILES string of the molecule is Cc1oc2c([N+](=O)[O-])cccc2c1CN. The predicted octanol–water partition coefficient (Wildman–Crippen LogP) is 2.11. The maximum Gasteiger partial charge on any atom is 0.312 e. The summed E-state index contributed by atoms with van der Waals surface area (Å²) in [6.07, 6.45) is 0. The summed E-state index contributed by atoms with van der Waals surface area (Å²) in [5.41, 5.74) is 6.67. The topological polar surface area (TPSA) is 82.3 Å². The second-order valence-electron chi connectivity index (χ2n) is 3.25. The van der Waals surface area contributed by atoms with E-state index in [0.29, 0.717) is 17.9 Å². The van der Waals surface area contributed by atoms with Crippen LogP contribution in [0.1, 0.15) is 11.3 Å². The van der Waals surface area contributed by atoms with Crippen LogP contribution in [0.25, 0.3) is 11.0 Å². The van der Waals surface area contributed by atoms with Gasteiger partial charge in [0.2, 0.25) is 5.58 Å². The second kappa shape index (κ2) is 3.36. The number of nitro benzene ring substituents is 1. The third-order valence-corrected chi connectivity index (χ3v) is 2.40. The number of benzene rings is 1. The van der Waals surface area contributed by atoms with E-state index in [1.54, 1.807) is 19.1 Å². The number of para-hydroxylation sites is 1. The minimum Gasteiger partial charge on any atom is -0.454 e. The quantitative estimate of drug-likeness (QED) is 0.602. The molecule has 0 spiro atoms. The molecule has 15 heavy (non-hydrogen) atoms. The van der Waals surface area contributed by atoms with Gasteiger partial charge in [-0.25, -0.2) is 0 Å². The number of rotatable bonds is 2. The van der Waals surface area contributed by atoms with Crippen molar-refractivity contribution in [1.82, 2.24) is 0 Å². The highest BCUT2D eigenvalue weighted by Crippen LogP contribution is 2.31. The Kier molecular flexibility index (Phi) is 2.17. The van der Waals surface area contributed by atoms with Crippen LogP contribution in [0.3, 0.4) is 0 Å². The molecule has 0 radical (unpaired) electrons. The van der Waals surface area contributed by atoms with Crippen LogP contribution in [-0.2, 0) is 6.54 Å². The molecule has 5 nitrogen and oxygen atoms in total. The summed E-state index contributed by atoms with van der Waals surface area (Å²) in [5, 5.41) is 11.5. The fraction of sp³-hybridized carbons (Fsp3) is 0.200. The van der Waals surface area contributed by atoms with Gasteiger partial charge in [-0.15, -0.1) is 0 Å². The zero-order chi connectivity index (χ0) is 11.0. The average Bonchev–Trinajstić information content (AvgIpc) is 2.52. The predicted molar refractivity (Wildman–Crippen MR) is 55.5 cm³/mol. The van der Waals surface area contributed by atoms with Crippen molar-refractivity contribution in [3.05, 3.63) is 39.6 Å². The Labute approximate surface area is 85.6 Å². The van der Waals surface area contributed by atoms with Gasteiger partial charge in [-0.05, 0) is 6.92 Å². The highest BCUT2D eigenvalue weighted by molar-refractivity contribution is 5.89. The third kappa shape index (κ3) is 1.37. The molecule has 0 bridgehead atoms. The first-order chi connectivity index (χ1) is 7.15. The van der Waals surface area contributed by atoms with Crippen LogP contribution in [-0.4, -0.2) is 4.92 Å². The van der Waals surface area contributed by atoms with Gasteiger partial charge >= 0.3 is 5.69 Å². The molecule has 2 N–H and O–H groups in total. The molecule has 0 aliphatic rings. The summed E-state index contributed by atoms with van der Waals surface area (Å²) in [5.74, 6) is 0.641. The Hall–Kier alpha value is -1.88. The molecular formula is C10H10N2O3. The molecule has 0 saturated carbocycles. The highest BCUT2D eigenvalue weighted by Gasteiger charge is 2.18. The number of hydrogen-bond donors (Lipinski definition) is 1. The number of aryl methyl sites for hydroxylation is 1. The van der Waals surface area contributed by atoms with Gasteiger partial charge in [-0.3, -0.25) is 10.1 Å². The van der Waals surface area contributed by atoms with Crippen molar-refractivity contribution in [3.63, 3.8) is 0 Å². The largest absolute Gasteiger partial charge is 0.454 e. The molecule has 5 heteroatoms. The summed E-state index contributed by atoms with van der Waals surface area (Å²) in [6, 6.07) is 4.83. The summed E-state index contributed by atoms with van der Waals surface area (Å²) in [7, 11) is 0. The summed E-state index contributed by atoms with van der Waals surface area (Å²) >= 11 is 0. The Morgan fingerprint density at radius 3 is 2.87 bits per heavy atom. The molecule has 2 aromatic rings. The molecule has 0 saturated heterocycles. The van der Waals surface area contributed by atoms with E-state index in [1.165, 1.54) is 6.07 Å². The van der Waals surface area contributed by atoms with E-state index in [4.69, 9.17) is 10.2 Å². The zero-order valence-corrected chi connectivity index (χ0v) is 8.19. The second-order valence-corrected chi connectivity index (χ2v) is 3.25. The molecule has 78 valence electrons. The molecule has 1 heterocycles. The first-order valence-electron chi connectivity index (χ1n) is 4.50. The fourth-order valence-corrected chi connectivity index (χ4v) is 1.67. The lowest BCUT2D eigenvalue weighted by Gasteiger charge is -1.93. The number of furan rings is 1. The van der Waals surface area contributed by atoms with E-state index < -0.39 is 4.92 Å². The third-order valence-electron chi connectivity index (χ3n) is 2.40. The number of non-ortho nitro benzene ring substituents is 1. The van der Waals surface area contributed by atoms with Gasteiger partial charge in [0.25, 0.3) is 0 Å². The first kappa shape index (κ1) is 9.67. The van der Waals surface area contributed by atoms with Crippen LogP contribution < -0.4 is 5.73 Å². The monoisotopic (exact) mass is 206 g/mol. The van der Waals surface area contributed by atoms with E-state index in [-0.39, 0.29) is 5.69 Å². The van der Waals surface area contributed by atoms with E-state index in [1.807, 2.05) is 0 Å². The van der Waals surface area contributed by atoms with E-state index in [2.05, 4.69) is 0 Å². The van der Waals surface area contributed by atoms with Crippen molar-refractivity contribution in [2.75, 3.05) is 0 Å². The van der Waals surface area contributed by atoms with E-state index in [9.17, 15) is 10.1 Å². The molecule has 2 rings (SSSR count). The van der Waals surface area contributed by atoms with Crippen molar-refractivity contribution < 1.29 is 9.34 Å². The molecule has 0 atom stereocenters. The van der Waals surface area contributed by atoms with Gasteiger partial charge in [-0.2, -0.15) is 0 Å². The van der Waals surface area contributed by atoms with Gasteiger partial charge in [0.15, 0.2) is 0 Å². The van der Waals surface area contributed by atoms with Gasteiger partial charge < -0.3 is 10.2 Å². The van der Waals surface area contributed by atoms with Gasteiger partial charge in [0.1, 0.15) is 5.76 Å². The van der Waals surface area contributed by atoms with Gasteiger partial charge in [0.05, 0.1) is 4.92 Å². The number of nitrogens with zero attached hydrogens (tertiary/aromatic N) is 1. The van der Waals surface area contributed by atoms with Crippen LogP contribution in [0, 0.1) is 17.0 Å². The maximum atomic E-state index is 10.7. The van der Waals surface area contributed by atoms with E-state index in [0.717, 1.165) is 10.9 Å². The molecular weight excluding hydrogens is 196 g/mol. The highest BCUT2D eigenvalue weighted by atomic mass is 16.6. The Morgan fingerprint density at radius 2 is 2.27 bits per heavy atom. The maximum absolute atomic E-state index is 10.7. The molecule has 0 fully saturated rings. The lowest BCUT2D eigenvalue weighted by atomic mass is 10.1. The first-order valence-corrected chi connectivity index (χ1v) is 4.50. The number of fused-ring (bicyclic) bond motifs is 1. The minimum absolute atomic E-state index is 0.0182. The summed E-state index contributed by atoms with van der Waals surface area (Å²) in [4.78, 5) is 10.3. The molecule has 1 aromatic heterocycles. The fourth-order valence-electron chi connectivity index (χ4n) is 1.67. The van der Waals surface area contributed by atoms with Crippen LogP contribution in [0.2, 0.25) is 0 Å². The molecule has 0 amide bonds. The van der Waals surface area contributed by atoms with Crippen molar-refractivity contribution in [2.24, 2.45) is 5.73 Å². The van der Waals surface area contributed by atoms with E-state index >= 15 is 0 Å². The number of hydrogen-bond acceptors (Lipinski definition) is 4. The minimum atomic E-state index is -0.453. The molecule has 0 aliphatic carbocycles. The van der Waals surface area contributed by atoms with Crippen molar-refractivity contribution in [2.45, 2.75) is 13.5 Å². The Bertz CT molecular complexity index is 531. The zero-order valence-electron chi connectivity index (χ0n) is 8.19. The summed E-state index contributed by atoms with van der Waals surface area (Å²) < 4.78 is 5.36. The van der Waals surface area contributed by atoms with Crippen LogP contribution in [0.4, 0.5) is 5.69 Å². The van der Waals surface area contributed by atoms with Crippen LogP contribution in [0.5, 0.6) is 0 Å². The van der Waals surface area contributed by atoms with Gasteiger partial charge in [0, 0.05) is 23.6 Å². The summed E-state index contributed by atoms with van der Waals surface area (Å²) in [6.45, 7) is 2.08. The normalized spacial score (nSPS) is 10.8. The Morgan fingerprint density at radius 1 is 1.53 bits per heavy atom. The molecule has 0 aliphatic heterocycles. The van der Waals surface area contributed by atoms with Crippen molar-refractivity contribution in [1.29, 1.82) is 0 Å². The lowest BCUT2D eigenvalue weighted by molar-refractivity contribution is -0.383. The van der Waals surface area contributed by atoms with Crippen LogP contribution in [0.15, 0.2) is 22.6 Å². The Balaban J connectivity index is 2.83.